The average Bonchev–Trinajstić information content (AvgIpc) is 3.15. The highest BCUT2D eigenvalue weighted by molar-refractivity contribution is 5.87. The van der Waals surface area contributed by atoms with Gasteiger partial charge in [-0.2, -0.15) is 0 Å². The van der Waals surface area contributed by atoms with Crippen molar-refractivity contribution in [2.75, 3.05) is 14.2 Å². The standard InChI is InChI=1S/C29H34N2O4/c1-28(2,3)19-13-17(14-20(26(19)33)29(4,5)6)31-22-16-25(35-8)24(34-7)15-21(22)30-27(31)18-11-9-10-12-23(18)32/h9-16,32-33H,1-8H3. The molecule has 6 nitrogen and oxygen atoms in total. The number of para-hydroxylation sites is 1. The monoisotopic (exact) mass is 474 g/mol. The van der Waals surface area contributed by atoms with Crippen molar-refractivity contribution in [3.63, 3.8) is 0 Å². The molecule has 184 valence electrons. The fourth-order valence-electron chi connectivity index (χ4n) is 4.40. The van der Waals surface area contributed by atoms with Gasteiger partial charge in [-0.1, -0.05) is 53.7 Å². The van der Waals surface area contributed by atoms with Crippen molar-refractivity contribution in [1.82, 2.24) is 9.55 Å². The highest BCUT2D eigenvalue weighted by Gasteiger charge is 2.28. The van der Waals surface area contributed by atoms with Crippen LogP contribution in [-0.4, -0.2) is 34.0 Å². The third kappa shape index (κ3) is 4.29. The number of rotatable bonds is 4. The Morgan fingerprint density at radius 1 is 0.771 bits per heavy atom. The van der Waals surface area contributed by atoms with Gasteiger partial charge >= 0.3 is 0 Å². The molecule has 0 saturated carbocycles. The van der Waals surface area contributed by atoms with E-state index in [1.54, 1.807) is 26.4 Å². The van der Waals surface area contributed by atoms with Crippen molar-refractivity contribution < 1.29 is 19.7 Å². The minimum atomic E-state index is -0.299. The van der Waals surface area contributed by atoms with Gasteiger partial charge < -0.3 is 19.7 Å². The molecule has 0 bridgehead atoms. The summed E-state index contributed by atoms with van der Waals surface area (Å²) in [6.45, 7) is 12.5. The van der Waals surface area contributed by atoms with E-state index >= 15 is 0 Å². The number of benzene rings is 3. The number of phenols is 2. The van der Waals surface area contributed by atoms with Crippen LogP contribution in [0.1, 0.15) is 52.7 Å². The number of imidazole rings is 1. The molecule has 0 spiro atoms. The van der Waals surface area contributed by atoms with Gasteiger partial charge in [-0.15, -0.1) is 0 Å². The van der Waals surface area contributed by atoms with Gasteiger partial charge in [0, 0.05) is 28.9 Å². The van der Waals surface area contributed by atoms with Crippen LogP contribution in [0.15, 0.2) is 48.5 Å². The van der Waals surface area contributed by atoms with E-state index in [1.807, 2.05) is 41.0 Å². The molecule has 6 heteroatoms. The Hall–Kier alpha value is -3.67. The van der Waals surface area contributed by atoms with E-state index in [4.69, 9.17) is 14.5 Å². The molecule has 0 radical (unpaired) electrons. The Morgan fingerprint density at radius 3 is 1.83 bits per heavy atom. The lowest BCUT2D eigenvalue weighted by atomic mass is 9.79. The zero-order valence-electron chi connectivity index (χ0n) is 21.7. The lowest BCUT2D eigenvalue weighted by molar-refractivity contribution is 0.355. The zero-order chi connectivity index (χ0) is 25.7. The van der Waals surface area contributed by atoms with Crippen LogP contribution in [0.4, 0.5) is 0 Å². The van der Waals surface area contributed by atoms with Crippen LogP contribution in [0.3, 0.4) is 0 Å². The maximum absolute atomic E-state index is 11.3. The topological polar surface area (TPSA) is 76.7 Å². The Labute approximate surface area is 206 Å². The van der Waals surface area contributed by atoms with Gasteiger partial charge in [-0.25, -0.2) is 4.98 Å². The van der Waals surface area contributed by atoms with Gasteiger partial charge in [-0.3, -0.25) is 4.57 Å². The van der Waals surface area contributed by atoms with Crippen molar-refractivity contribution in [2.45, 2.75) is 52.4 Å². The molecule has 0 saturated heterocycles. The Morgan fingerprint density at radius 2 is 1.31 bits per heavy atom. The number of methoxy groups -OCH3 is 2. The maximum Gasteiger partial charge on any atom is 0.163 e. The van der Waals surface area contributed by atoms with Crippen LogP contribution in [0.2, 0.25) is 0 Å². The normalized spacial score (nSPS) is 12.2. The molecule has 4 rings (SSSR count). The number of phenolic OH excluding ortho intramolecular Hbond substituents is 2. The molecular weight excluding hydrogens is 440 g/mol. The van der Waals surface area contributed by atoms with Crippen LogP contribution < -0.4 is 9.47 Å². The molecule has 0 unspecified atom stereocenters. The lowest BCUT2D eigenvalue weighted by Gasteiger charge is -2.28. The quantitative estimate of drug-likeness (QED) is 0.343. The van der Waals surface area contributed by atoms with Crippen LogP contribution >= 0.6 is 0 Å². The number of hydrogen-bond acceptors (Lipinski definition) is 5. The largest absolute Gasteiger partial charge is 0.507 e. The molecular formula is C29H34N2O4. The summed E-state index contributed by atoms with van der Waals surface area (Å²) in [6, 6.07) is 14.9. The first-order chi connectivity index (χ1) is 16.4. The fraction of sp³-hybridized carbons (Fsp3) is 0.345. The molecule has 1 aromatic heterocycles. The maximum atomic E-state index is 11.3. The summed E-state index contributed by atoms with van der Waals surface area (Å²) in [7, 11) is 3.19. The van der Waals surface area contributed by atoms with Gasteiger partial charge in [0.25, 0.3) is 0 Å². The van der Waals surface area contributed by atoms with Gasteiger partial charge in [0.15, 0.2) is 11.5 Å². The summed E-state index contributed by atoms with van der Waals surface area (Å²) in [5.41, 5.74) is 4.01. The molecule has 1 heterocycles. The third-order valence-electron chi connectivity index (χ3n) is 6.27. The van der Waals surface area contributed by atoms with Crippen molar-refractivity contribution in [3.05, 3.63) is 59.7 Å². The van der Waals surface area contributed by atoms with Crippen molar-refractivity contribution in [1.29, 1.82) is 0 Å². The molecule has 0 atom stereocenters. The van der Waals surface area contributed by atoms with Crippen molar-refractivity contribution in [2.24, 2.45) is 0 Å². The molecule has 35 heavy (non-hydrogen) atoms. The molecule has 0 aliphatic carbocycles. The van der Waals surface area contributed by atoms with Gasteiger partial charge in [-0.05, 0) is 35.1 Å². The number of aromatic hydroxyl groups is 2. The number of fused-ring (bicyclic) bond motifs is 1. The summed E-state index contributed by atoms with van der Waals surface area (Å²) in [5.74, 6) is 2.18. The predicted octanol–water partition coefficient (Wildman–Crippen LogP) is 6.72. The van der Waals surface area contributed by atoms with Crippen LogP contribution in [0.25, 0.3) is 28.1 Å². The minimum absolute atomic E-state index is 0.133. The fourth-order valence-corrected chi connectivity index (χ4v) is 4.40. The Kier molecular flexibility index (Phi) is 5.95. The van der Waals surface area contributed by atoms with Crippen LogP contribution in [0, 0.1) is 0 Å². The second-order valence-electron chi connectivity index (χ2n) is 10.9. The summed E-state index contributed by atoms with van der Waals surface area (Å²) in [6.07, 6.45) is 0. The average molecular weight is 475 g/mol. The van der Waals surface area contributed by atoms with Gasteiger partial charge in [0.1, 0.15) is 17.3 Å². The van der Waals surface area contributed by atoms with Gasteiger partial charge in [0.2, 0.25) is 0 Å². The highest BCUT2D eigenvalue weighted by atomic mass is 16.5. The van der Waals surface area contributed by atoms with E-state index in [0.29, 0.717) is 34.2 Å². The first-order valence-electron chi connectivity index (χ1n) is 11.7. The lowest BCUT2D eigenvalue weighted by Crippen LogP contribution is -2.18. The Bertz CT molecular complexity index is 1370. The first kappa shape index (κ1) is 24.5. The molecule has 0 aliphatic rings. The SMILES string of the molecule is COc1cc2nc(-c3ccccc3O)n(-c3cc(C(C)(C)C)c(O)c(C(C)(C)C)c3)c2cc1OC. The summed E-state index contributed by atoms with van der Waals surface area (Å²) in [5, 5.41) is 22.0. The van der Waals surface area contributed by atoms with Crippen LogP contribution in [0.5, 0.6) is 23.0 Å². The first-order valence-corrected chi connectivity index (χ1v) is 11.7. The van der Waals surface area contributed by atoms with E-state index < -0.39 is 0 Å². The molecule has 0 aliphatic heterocycles. The zero-order valence-corrected chi connectivity index (χ0v) is 21.7. The molecule has 2 N–H and O–H groups in total. The minimum Gasteiger partial charge on any atom is -0.507 e. The summed E-state index contributed by atoms with van der Waals surface area (Å²) in [4.78, 5) is 4.92. The smallest absolute Gasteiger partial charge is 0.163 e. The molecule has 0 amide bonds. The highest BCUT2D eigenvalue weighted by Crippen LogP contribution is 2.43. The second kappa shape index (κ2) is 8.52. The van der Waals surface area contributed by atoms with E-state index in [-0.39, 0.29) is 16.6 Å². The number of aromatic nitrogens is 2. The van der Waals surface area contributed by atoms with Crippen LogP contribution in [-0.2, 0) is 10.8 Å². The summed E-state index contributed by atoms with van der Waals surface area (Å²) < 4.78 is 13.1. The summed E-state index contributed by atoms with van der Waals surface area (Å²) >= 11 is 0. The van der Waals surface area contributed by atoms with E-state index in [0.717, 1.165) is 22.3 Å². The van der Waals surface area contributed by atoms with E-state index in [9.17, 15) is 10.2 Å². The second-order valence-corrected chi connectivity index (χ2v) is 10.9. The molecule has 3 aromatic carbocycles. The van der Waals surface area contributed by atoms with Gasteiger partial charge in [0.05, 0.1) is 30.8 Å². The number of ether oxygens (including phenoxy) is 2. The van der Waals surface area contributed by atoms with E-state index in [1.165, 1.54) is 0 Å². The third-order valence-corrected chi connectivity index (χ3v) is 6.27. The predicted molar refractivity (Wildman–Crippen MR) is 140 cm³/mol. The number of nitrogens with zero attached hydrogens (tertiary/aromatic N) is 2. The molecule has 4 aromatic rings. The van der Waals surface area contributed by atoms with Crippen molar-refractivity contribution >= 4 is 11.0 Å². The van der Waals surface area contributed by atoms with E-state index in [2.05, 4.69) is 41.5 Å². The molecule has 0 fully saturated rings. The Balaban J connectivity index is 2.18. The van der Waals surface area contributed by atoms with Crippen molar-refractivity contribution in [3.8, 4) is 40.1 Å². The number of hydrogen-bond donors (Lipinski definition) is 2.